The Balaban J connectivity index is 1.78. The molecule has 150 valence electrons. The first-order valence-corrected chi connectivity index (χ1v) is 9.33. The molecule has 7 heteroatoms. The molecule has 0 aliphatic carbocycles. The van der Waals surface area contributed by atoms with Gasteiger partial charge < -0.3 is 19.5 Å². The van der Waals surface area contributed by atoms with Crippen molar-refractivity contribution in [3.05, 3.63) is 65.5 Å². The van der Waals surface area contributed by atoms with Gasteiger partial charge in [-0.15, -0.1) is 0 Å². The number of carbonyl (C=O) groups is 1. The van der Waals surface area contributed by atoms with Crippen molar-refractivity contribution in [1.29, 1.82) is 0 Å². The number of aromatic nitrogens is 2. The van der Waals surface area contributed by atoms with E-state index < -0.39 is 0 Å². The molecule has 2 heterocycles. The Labute approximate surface area is 169 Å². The Bertz CT molecular complexity index is 1030. The second-order valence-corrected chi connectivity index (χ2v) is 6.87. The van der Waals surface area contributed by atoms with Crippen LogP contribution in [0.4, 0.5) is 5.69 Å². The van der Waals surface area contributed by atoms with Crippen LogP contribution in [0.1, 0.15) is 29.0 Å². The van der Waals surface area contributed by atoms with Gasteiger partial charge in [0.1, 0.15) is 5.75 Å². The van der Waals surface area contributed by atoms with Gasteiger partial charge in [0, 0.05) is 42.0 Å². The first-order chi connectivity index (χ1) is 14.1. The summed E-state index contributed by atoms with van der Waals surface area (Å²) < 4.78 is 18.2. The van der Waals surface area contributed by atoms with E-state index in [0.717, 1.165) is 28.1 Å². The van der Waals surface area contributed by atoms with Gasteiger partial charge in [-0.1, -0.05) is 6.07 Å². The summed E-state index contributed by atoms with van der Waals surface area (Å²) in [6.07, 6.45) is 4.01. The van der Waals surface area contributed by atoms with Gasteiger partial charge in [-0.2, -0.15) is 5.10 Å². The lowest BCUT2D eigenvalue weighted by Gasteiger charge is -2.28. The predicted octanol–water partition coefficient (Wildman–Crippen LogP) is 3.43. The summed E-state index contributed by atoms with van der Waals surface area (Å²) >= 11 is 0. The first-order valence-electron chi connectivity index (χ1n) is 9.33. The number of benzene rings is 2. The molecule has 1 amide bonds. The second kappa shape index (κ2) is 7.87. The van der Waals surface area contributed by atoms with E-state index >= 15 is 0 Å². The number of hydrogen-bond acceptors (Lipinski definition) is 5. The quantitative estimate of drug-likeness (QED) is 0.695. The summed E-state index contributed by atoms with van der Waals surface area (Å²) in [6, 6.07) is 11.7. The number of anilines is 1. The zero-order valence-corrected chi connectivity index (χ0v) is 16.6. The predicted molar refractivity (Wildman–Crippen MR) is 109 cm³/mol. The summed E-state index contributed by atoms with van der Waals surface area (Å²) in [5.74, 6) is 1.89. The van der Waals surface area contributed by atoms with Crippen LogP contribution < -0.4 is 19.5 Å². The van der Waals surface area contributed by atoms with Gasteiger partial charge in [0.25, 0.3) is 0 Å². The third kappa shape index (κ3) is 3.63. The van der Waals surface area contributed by atoms with Crippen LogP contribution in [0.2, 0.25) is 0 Å². The summed E-state index contributed by atoms with van der Waals surface area (Å²) in [5, 5.41) is 7.23. The van der Waals surface area contributed by atoms with E-state index in [9.17, 15) is 4.79 Å². The van der Waals surface area contributed by atoms with Gasteiger partial charge in [0.15, 0.2) is 11.5 Å². The number of fused-ring (bicyclic) bond motifs is 1. The number of amides is 1. The molecule has 1 aliphatic heterocycles. The third-order valence-electron chi connectivity index (χ3n) is 5.19. The molecular formula is C22H23N3O4. The number of methoxy groups -OCH3 is 3. The second-order valence-electron chi connectivity index (χ2n) is 6.87. The highest BCUT2D eigenvalue weighted by atomic mass is 16.5. The molecule has 1 N–H and O–H groups in total. The molecule has 4 rings (SSSR count). The van der Waals surface area contributed by atoms with Crippen LogP contribution in [0.25, 0.3) is 0 Å². The van der Waals surface area contributed by atoms with Crippen LogP contribution >= 0.6 is 0 Å². The van der Waals surface area contributed by atoms with Crippen molar-refractivity contribution in [2.75, 3.05) is 26.6 Å². The zero-order valence-electron chi connectivity index (χ0n) is 16.6. The van der Waals surface area contributed by atoms with Gasteiger partial charge in [-0.05, 0) is 35.4 Å². The summed E-state index contributed by atoms with van der Waals surface area (Å²) in [5.41, 5.74) is 3.78. The number of nitrogens with one attached hydrogen (secondary N) is 1. The monoisotopic (exact) mass is 393 g/mol. The van der Waals surface area contributed by atoms with E-state index in [-0.39, 0.29) is 11.8 Å². The molecule has 1 aliphatic rings. The largest absolute Gasteiger partial charge is 0.496 e. The molecule has 0 radical (unpaired) electrons. The molecule has 3 aromatic rings. The number of nitrogens with zero attached hydrogens (tertiary/aromatic N) is 2. The summed E-state index contributed by atoms with van der Waals surface area (Å²) in [7, 11) is 4.84. The minimum atomic E-state index is -0.0965. The Morgan fingerprint density at radius 1 is 1.07 bits per heavy atom. The highest BCUT2D eigenvalue weighted by molar-refractivity contribution is 5.96. The molecule has 1 atom stereocenters. The normalized spacial score (nSPS) is 15.4. The van der Waals surface area contributed by atoms with Crippen LogP contribution in [0.3, 0.4) is 0 Å². The fourth-order valence-corrected chi connectivity index (χ4v) is 3.79. The molecule has 1 aromatic heterocycles. The van der Waals surface area contributed by atoms with Crippen molar-refractivity contribution in [3.63, 3.8) is 0 Å². The molecule has 0 spiro atoms. The smallest absolute Gasteiger partial charge is 0.225 e. The highest BCUT2D eigenvalue weighted by Gasteiger charge is 2.29. The van der Waals surface area contributed by atoms with Gasteiger partial charge in [-0.25, -0.2) is 0 Å². The highest BCUT2D eigenvalue weighted by Crippen LogP contribution is 2.43. The molecule has 0 saturated carbocycles. The SMILES string of the molecule is COc1ccc(C2CC(=O)Nc3cc(OC)c(OC)cc32)cc1Cn1cccn1. The van der Waals surface area contributed by atoms with Crippen molar-refractivity contribution in [3.8, 4) is 17.2 Å². The molecule has 29 heavy (non-hydrogen) atoms. The molecule has 2 aromatic carbocycles. The average Bonchev–Trinajstić information content (AvgIpc) is 3.25. The van der Waals surface area contributed by atoms with Crippen LogP contribution in [0.5, 0.6) is 17.2 Å². The number of rotatable bonds is 6. The Morgan fingerprint density at radius 2 is 1.83 bits per heavy atom. The van der Waals surface area contributed by atoms with Crippen LogP contribution in [-0.2, 0) is 11.3 Å². The van der Waals surface area contributed by atoms with Crippen molar-refractivity contribution in [2.24, 2.45) is 0 Å². The van der Waals surface area contributed by atoms with Gasteiger partial charge >= 0.3 is 0 Å². The molecule has 0 bridgehead atoms. The van der Waals surface area contributed by atoms with Gasteiger partial charge in [0.05, 0.1) is 27.9 Å². The van der Waals surface area contributed by atoms with E-state index in [1.165, 1.54) is 0 Å². The number of hydrogen-bond donors (Lipinski definition) is 1. The van der Waals surface area contributed by atoms with E-state index in [1.54, 1.807) is 27.5 Å². The lowest BCUT2D eigenvalue weighted by Crippen LogP contribution is -2.23. The van der Waals surface area contributed by atoms with Crippen molar-refractivity contribution < 1.29 is 19.0 Å². The Morgan fingerprint density at radius 3 is 2.52 bits per heavy atom. The Kier molecular flexibility index (Phi) is 5.12. The van der Waals surface area contributed by atoms with Crippen molar-refractivity contribution >= 4 is 11.6 Å². The molecular weight excluding hydrogens is 370 g/mol. The van der Waals surface area contributed by atoms with Crippen LogP contribution in [0, 0.1) is 0 Å². The summed E-state index contributed by atoms with van der Waals surface area (Å²) in [4.78, 5) is 12.4. The van der Waals surface area contributed by atoms with E-state index in [1.807, 2.05) is 41.2 Å². The third-order valence-corrected chi connectivity index (χ3v) is 5.19. The number of carbonyl (C=O) groups excluding carboxylic acids is 1. The maximum atomic E-state index is 12.4. The molecule has 0 saturated heterocycles. The topological polar surface area (TPSA) is 74.6 Å². The Hall–Kier alpha value is -3.48. The van der Waals surface area contributed by atoms with E-state index in [0.29, 0.717) is 24.5 Å². The molecule has 0 fully saturated rings. The van der Waals surface area contributed by atoms with Crippen molar-refractivity contribution in [2.45, 2.75) is 18.9 Å². The number of ether oxygens (including phenoxy) is 3. The minimum Gasteiger partial charge on any atom is -0.496 e. The fourth-order valence-electron chi connectivity index (χ4n) is 3.79. The average molecular weight is 393 g/mol. The minimum absolute atomic E-state index is 0.0286. The van der Waals surface area contributed by atoms with Crippen LogP contribution in [0.15, 0.2) is 48.8 Å². The fraction of sp³-hybridized carbons (Fsp3) is 0.273. The molecule has 1 unspecified atom stereocenters. The lowest BCUT2D eigenvalue weighted by molar-refractivity contribution is -0.116. The van der Waals surface area contributed by atoms with E-state index in [2.05, 4.69) is 16.5 Å². The maximum Gasteiger partial charge on any atom is 0.225 e. The van der Waals surface area contributed by atoms with Gasteiger partial charge in [0.2, 0.25) is 5.91 Å². The standard InChI is InChI=1S/C22H23N3O4/c1-27-19-6-5-14(9-15(19)13-25-8-4-7-23-25)16-11-22(26)24-18-12-21(29-3)20(28-2)10-17(16)18/h4-10,12,16H,11,13H2,1-3H3,(H,24,26). The van der Waals surface area contributed by atoms with E-state index in [4.69, 9.17) is 14.2 Å². The maximum absolute atomic E-state index is 12.4. The van der Waals surface area contributed by atoms with Crippen LogP contribution in [-0.4, -0.2) is 37.0 Å². The van der Waals surface area contributed by atoms with Crippen molar-refractivity contribution in [1.82, 2.24) is 9.78 Å². The lowest BCUT2D eigenvalue weighted by atomic mass is 9.84. The zero-order chi connectivity index (χ0) is 20.4. The first kappa shape index (κ1) is 18.9. The molecule has 7 nitrogen and oxygen atoms in total. The van der Waals surface area contributed by atoms with Gasteiger partial charge in [-0.3, -0.25) is 9.48 Å². The summed E-state index contributed by atoms with van der Waals surface area (Å²) in [6.45, 7) is 0.585.